The van der Waals surface area contributed by atoms with Crippen LogP contribution in [0.25, 0.3) is 10.9 Å². The third-order valence-electron chi connectivity index (χ3n) is 5.07. The SMILES string of the molecule is CC(C)n1ccc2ccc(C(=O)N3CCN(c4ccccn4)CC3)cc21. The Kier molecular flexibility index (Phi) is 4.37. The van der Waals surface area contributed by atoms with E-state index in [-0.39, 0.29) is 5.91 Å². The van der Waals surface area contributed by atoms with Gasteiger partial charge in [-0.1, -0.05) is 12.1 Å². The number of hydrogen-bond donors (Lipinski definition) is 0. The Balaban J connectivity index is 1.50. The molecule has 0 bridgehead atoms. The molecule has 1 aliphatic rings. The number of piperazine rings is 1. The molecule has 1 saturated heterocycles. The van der Waals surface area contributed by atoms with Gasteiger partial charge in [0.15, 0.2) is 0 Å². The fraction of sp³-hybridized carbons (Fsp3) is 0.333. The molecule has 0 spiro atoms. The van der Waals surface area contributed by atoms with Gasteiger partial charge in [-0.25, -0.2) is 4.98 Å². The highest BCUT2D eigenvalue weighted by atomic mass is 16.2. The topological polar surface area (TPSA) is 41.4 Å². The lowest BCUT2D eigenvalue weighted by Crippen LogP contribution is -2.49. The molecule has 0 aliphatic carbocycles. The van der Waals surface area contributed by atoms with Crippen LogP contribution in [0.5, 0.6) is 0 Å². The molecule has 4 rings (SSSR count). The van der Waals surface area contributed by atoms with Gasteiger partial charge in [0.25, 0.3) is 5.91 Å². The van der Waals surface area contributed by atoms with Crippen LogP contribution < -0.4 is 4.90 Å². The summed E-state index contributed by atoms with van der Waals surface area (Å²) in [7, 11) is 0. The molecular formula is C21H24N4O. The van der Waals surface area contributed by atoms with Crippen molar-refractivity contribution in [2.75, 3.05) is 31.1 Å². The lowest BCUT2D eigenvalue weighted by atomic mass is 10.1. The molecule has 5 heteroatoms. The van der Waals surface area contributed by atoms with Gasteiger partial charge < -0.3 is 14.4 Å². The number of rotatable bonds is 3. The Morgan fingerprint density at radius 2 is 1.85 bits per heavy atom. The van der Waals surface area contributed by atoms with Gasteiger partial charge in [-0.05, 0) is 49.6 Å². The van der Waals surface area contributed by atoms with Gasteiger partial charge in [0, 0.05) is 55.7 Å². The average Bonchev–Trinajstić information content (AvgIpc) is 3.12. The summed E-state index contributed by atoms with van der Waals surface area (Å²) in [5.74, 6) is 1.10. The van der Waals surface area contributed by atoms with E-state index in [0.717, 1.165) is 43.1 Å². The molecule has 0 saturated carbocycles. The molecule has 1 amide bonds. The summed E-state index contributed by atoms with van der Waals surface area (Å²) >= 11 is 0. The monoisotopic (exact) mass is 348 g/mol. The molecule has 5 nitrogen and oxygen atoms in total. The second kappa shape index (κ2) is 6.83. The molecule has 0 radical (unpaired) electrons. The maximum atomic E-state index is 13.0. The number of fused-ring (bicyclic) bond motifs is 1. The highest BCUT2D eigenvalue weighted by Crippen LogP contribution is 2.22. The summed E-state index contributed by atoms with van der Waals surface area (Å²) in [4.78, 5) is 21.6. The van der Waals surface area contributed by atoms with Crippen molar-refractivity contribution in [1.82, 2.24) is 14.5 Å². The van der Waals surface area contributed by atoms with Crippen LogP contribution in [0.2, 0.25) is 0 Å². The number of amides is 1. The van der Waals surface area contributed by atoms with E-state index < -0.39 is 0 Å². The number of nitrogens with zero attached hydrogens (tertiary/aromatic N) is 4. The van der Waals surface area contributed by atoms with E-state index in [1.54, 1.807) is 0 Å². The van der Waals surface area contributed by atoms with Gasteiger partial charge in [0.2, 0.25) is 0 Å². The number of carbonyl (C=O) groups is 1. The van der Waals surface area contributed by atoms with Crippen molar-refractivity contribution >= 4 is 22.6 Å². The number of carbonyl (C=O) groups excluding carboxylic acids is 1. The highest BCUT2D eigenvalue weighted by molar-refractivity contribution is 5.98. The van der Waals surface area contributed by atoms with Gasteiger partial charge in [-0.3, -0.25) is 4.79 Å². The van der Waals surface area contributed by atoms with Crippen molar-refractivity contribution in [2.24, 2.45) is 0 Å². The number of hydrogen-bond acceptors (Lipinski definition) is 3. The maximum Gasteiger partial charge on any atom is 0.254 e. The number of aromatic nitrogens is 2. The van der Waals surface area contributed by atoms with Crippen molar-refractivity contribution in [3.63, 3.8) is 0 Å². The molecule has 0 unspecified atom stereocenters. The molecular weight excluding hydrogens is 324 g/mol. The average molecular weight is 348 g/mol. The van der Waals surface area contributed by atoms with Crippen LogP contribution in [0, 0.1) is 0 Å². The predicted octanol–water partition coefficient (Wildman–Crippen LogP) is 3.58. The summed E-state index contributed by atoms with van der Waals surface area (Å²) in [5.41, 5.74) is 1.89. The summed E-state index contributed by atoms with van der Waals surface area (Å²) in [5, 5.41) is 1.18. The minimum Gasteiger partial charge on any atom is -0.353 e. The summed E-state index contributed by atoms with van der Waals surface area (Å²) in [6.07, 6.45) is 3.90. The smallest absolute Gasteiger partial charge is 0.254 e. The van der Waals surface area contributed by atoms with Gasteiger partial charge in [0.05, 0.1) is 0 Å². The van der Waals surface area contributed by atoms with Crippen molar-refractivity contribution in [3.05, 3.63) is 60.4 Å². The normalized spacial score (nSPS) is 15.0. The summed E-state index contributed by atoms with van der Waals surface area (Å²) in [6.45, 7) is 7.38. The summed E-state index contributed by atoms with van der Waals surface area (Å²) < 4.78 is 2.21. The second-order valence-electron chi connectivity index (χ2n) is 7.06. The van der Waals surface area contributed by atoms with Gasteiger partial charge >= 0.3 is 0 Å². The molecule has 0 atom stereocenters. The van der Waals surface area contributed by atoms with E-state index in [1.165, 1.54) is 5.39 Å². The first kappa shape index (κ1) is 16.6. The third kappa shape index (κ3) is 3.05. The molecule has 0 N–H and O–H groups in total. The summed E-state index contributed by atoms with van der Waals surface area (Å²) in [6, 6.07) is 14.4. The number of pyridine rings is 1. The second-order valence-corrected chi connectivity index (χ2v) is 7.06. The van der Waals surface area contributed by atoms with E-state index in [2.05, 4.69) is 40.6 Å². The molecule has 3 aromatic rings. The van der Waals surface area contributed by atoms with Crippen molar-refractivity contribution in [3.8, 4) is 0 Å². The van der Waals surface area contributed by atoms with Crippen LogP contribution in [0.3, 0.4) is 0 Å². The van der Waals surface area contributed by atoms with Gasteiger partial charge in [-0.2, -0.15) is 0 Å². The van der Waals surface area contributed by atoms with E-state index in [1.807, 2.05) is 47.5 Å². The first-order chi connectivity index (χ1) is 12.6. The molecule has 1 aromatic carbocycles. The fourth-order valence-electron chi connectivity index (χ4n) is 3.59. The predicted molar refractivity (Wildman–Crippen MR) is 105 cm³/mol. The molecule has 2 aromatic heterocycles. The largest absolute Gasteiger partial charge is 0.353 e. The van der Waals surface area contributed by atoms with Crippen LogP contribution in [0.4, 0.5) is 5.82 Å². The molecule has 26 heavy (non-hydrogen) atoms. The Bertz CT molecular complexity index is 908. The first-order valence-electron chi connectivity index (χ1n) is 9.19. The van der Waals surface area contributed by atoms with E-state index in [0.29, 0.717) is 6.04 Å². The molecule has 3 heterocycles. The zero-order chi connectivity index (χ0) is 18.1. The number of benzene rings is 1. The Labute approximate surface area is 153 Å². The van der Waals surface area contributed by atoms with Crippen LogP contribution in [-0.2, 0) is 0 Å². The third-order valence-corrected chi connectivity index (χ3v) is 5.07. The zero-order valence-electron chi connectivity index (χ0n) is 15.3. The lowest BCUT2D eigenvalue weighted by Gasteiger charge is -2.35. The van der Waals surface area contributed by atoms with Crippen molar-refractivity contribution in [1.29, 1.82) is 0 Å². The molecule has 134 valence electrons. The highest BCUT2D eigenvalue weighted by Gasteiger charge is 2.23. The Morgan fingerprint density at radius 3 is 2.54 bits per heavy atom. The first-order valence-corrected chi connectivity index (χ1v) is 9.19. The number of anilines is 1. The van der Waals surface area contributed by atoms with Gasteiger partial charge in [-0.15, -0.1) is 0 Å². The van der Waals surface area contributed by atoms with E-state index in [4.69, 9.17) is 0 Å². The van der Waals surface area contributed by atoms with E-state index in [9.17, 15) is 4.79 Å². The standard InChI is InChI=1S/C21H24N4O/c1-16(2)25-10-8-17-6-7-18(15-19(17)25)21(26)24-13-11-23(12-14-24)20-5-3-4-9-22-20/h3-10,15-16H,11-14H2,1-2H3. The maximum absolute atomic E-state index is 13.0. The lowest BCUT2D eigenvalue weighted by molar-refractivity contribution is 0.0746. The van der Waals surface area contributed by atoms with Crippen LogP contribution in [0.1, 0.15) is 30.2 Å². The minimum atomic E-state index is 0.115. The fourth-order valence-corrected chi connectivity index (χ4v) is 3.59. The van der Waals surface area contributed by atoms with Crippen LogP contribution in [-0.4, -0.2) is 46.5 Å². The molecule has 1 fully saturated rings. The van der Waals surface area contributed by atoms with Crippen molar-refractivity contribution < 1.29 is 4.79 Å². The minimum absolute atomic E-state index is 0.115. The van der Waals surface area contributed by atoms with Crippen LogP contribution >= 0.6 is 0 Å². The van der Waals surface area contributed by atoms with Gasteiger partial charge in [0.1, 0.15) is 5.82 Å². The van der Waals surface area contributed by atoms with Crippen LogP contribution in [0.15, 0.2) is 54.9 Å². The Morgan fingerprint density at radius 1 is 1.04 bits per heavy atom. The zero-order valence-corrected chi connectivity index (χ0v) is 15.3. The molecule has 1 aliphatic heterocycles. The van der Waals surface area contributed by atoms with E-state index >= 15 is 0 Å². The quantitative estimate of drug-likeness (QED) is 0.726. The van der Waals surface area contributed by atoms with Crippen molar-refractivity contribution in [2.45, 2.75) is 19.9 Å². The Hall–Kier alpha value is -2.82.